The van der Waals surface area contributed by atoms with Crippen molar-refractivity contribution < 1.29 is 9.18 Å². The molecule has 3 aromatic rings. The third-order valence-electron chi connectivity index (χ3n) is 4.17. The monoisotopic (exact) mass is 400 g/mol. The summed E-state index contributed by atoms with van der Waals surface area (Å²) in [5.74, 6) is -0.368. The standard InChI is InChI=1S/C20H21FN4O2S/c1-10-14(16(26)24-18(22-10)20(3,4)5)17(27)25-19-23-15(11(2)28-19)12-6-8-13(21)9-7-12/h6-9H,1-5H3,(H,22,24,26)(H,23,25,27). The highest BCUT2D eigenvalue weighted by Crippen LogP contribution is 2.30. The number of anilines is 1. The van der Waals surface area contributed by atoms with Crippen molar-refractivity contribution in [3.05, 3.63) is 62.4 Å². The number of aromatic nitrogens is 3. The summed E-state index contributed by atoms with van der Waals surface area (Å²) < 4.78 is 13.1. The zero-order valence-electron chi connectivity index (χ0n) is 16.3. The minimum atomic E-state index is -0.564. The third kappa shape index (κ3) is 4.01. The molecule has 0 aliphatic carbocycles. The molecule has 0 radical (unpaired) electrons. The van der Waals surface area contributed by atoms with Crippen LogP contribution in [0.25, 0.3) is 11.3 Å². The molecule has 0 atom stereocenters. The van der Waals surface area contributed by atoms with Crippen LogP contribution in [-0.2, 0) is 5.41 Å². The normalized spacial score (nSPS) is 11.5. The number of benzene rings is 1. The van der Waals surface area contributed by atoms with Gasteiger partial charge in [-0.1, -0.05) is 20.8 Å². The minimum absolute atomic E-state index is 0.0378. The molecule has 8 heteroatoms. The predicted molar refractivity (Wildman–Crippen MR) is 108 cm³/mol. The molecule has 0 saturated heterocycles. The summed E-state index contributed by atoms with van der Waals surface area (Å²) in [5.41, 5.74) is 0.910. The zero-order chi connectivity index (χ0) is 20.6. The fourth-order valence-electron chi connectivity index (χ4n) is 2.69. The van der Waals surface area contributed by atoms with Crippen LogP contribution < -0.4 is 10.9 Å². The Bertz CT molecular complexity index is 1090. The van der Waals surface area contributed by atoms with Gasteiger partial charge in [-0.15, -0.1) is 11.3 Å². The van der Waals surface area contributed by atoms with Gasteiger partial charge in [0.2, 0.25) is 0 Å². The maximum atomic E-state index is 13.1. The number of aromatic amines is 1. The van der Waals surface area contributed by atoms with Gasteiger partial charge in [-0.3, -0.25) is 14.9 Å². The SMILES string of the molecule is Cc1nc(C(C)(C)C)[nH]c(=O)c1C(=O)Nc1nc(-c2ccc(F)cc2)c(C)s1. The Hall–Kier alpha value is -2.87. The van der Waals surface area contributed by atoms with E-state index in [1.54, 1.807) is 19.1 Å². The number of carbonyl (C=O) groups excluding carboxylic acids is 1. The fraction of sp³-hybridized carbons (Fsp3) is 0.300. The van der Waals surface area contributed by atoms with Crippen molar-refractivity contribution in [2.45, 2.75) is 40.0 Å². The van der Waals surface area contributed by atoms with Crippen LogP contribution >= 0.6 is 11.3 Å². The predicted octanol–water partition coefficient (Wildman–Crippen LogP) is 4.20. The molecular weight excluding hydrogens is 379 g/mol. The number of hydrogen-bond donors (Lipinski definition) is 2. The highest BCUT2D eigenvalue weighted by atomic mass is 32.1. The summed E-state index contributed by atoms with van der Waals surface area (Å²) in [6.07, 6.45) is 0. The molecule has 28 heavy (non-hydrogen) atoms. The topological polar surface area (TPSA) is 87.7 Å². The van der Waals surface area contributed by atoms with E-state index in [1.165, 1.54) is 23.5 Å². The molecule has 6 nitrogen and oxygen atoms in total. The molecule has 0 aliphatic rings. The first-order valence-electron chi connectivity index (χ1n) is 8.72. The lowest BCUT2D eigenvalue weighted by Gasteiger charge is -2.18. The number of carbonyl (C=O) groups is 1. The molecule has 2 N–H and O–H groups in total. The number of amides is 1. The Morgan fingerprint density at radius 1 is 1.14 bits per heavy atom. The van der Waals surface area contributed by atoms with Gasteiger partial charge in [-0.25, -0.2) is 14.4 Å². The van der Waals surface area contributed by atoms with Crippen molar-refractivity contribution in [2.24, 2.45) is 0 Å². The molecule has 2 aromatic heterocycles. The third-order valence-corrected chi connectivity index (χ3v) is 5.06. The number of halogens is 1. The van der Waals surface area contributed by atoms with Gasteiger partial charge in [0.1, 0.15) is 17.2 Å². The van der Waals surface area contributed by atoms with E-state index in [9.17, 15) is 14.0 Å². The van der Waals surface area contributed by atoms with Crippen molar-refractivity contribution in [2.75, 3.05) is 5.32 Å². The lowest BCUT2D eigenvalue weighted by atomic mass is 9.95. The fourth-order valence-corrected chi connectivity index (χ4v) is 3.52. The van der Waals surface area contributed by atoms with E-state index in [2.05, 4.69) is 20.3 Å². The second-order valence-corrected chi connectivity index (χ2v) is 8.71. The van der Waals surface area contributed by atoms with E-state index < -0.39 is 11.5 Å². The van der Waals surface area contributed by atoms with E-state index >= 15 is 0 Å². The Morgan fingerprint density at radius 2 is 1.79 bits per heavy atom. The second-order valence-electron chi connectivity index (χ2n) is 7.51. The summed E-state index contributed by atoms with van der Waals surface area (Å²) in [5, 5.41) is 3.04. The minimum Gasteiger partial charge on any atom is -0.309 e. The van der Waals surface area contributed by atoms with Gasteiger partial charge < -0.3 is 4.98 Å². The lowest BCUT2D eigenvalue weighted by Crippen LogP contribution is -2.30. The summed E-state index contributed by atoms with van der Waals surface area (Å²) in [6, 6.07) is 5.98. The summed E-state index contributed by atoms with van der Waals surface area (Å²) in [6.45, 7) is 9.29. The largest absolute Gasteiger partial charge is 0.309 e. The van der Waals surface area contributed by atoms with E-state index in [1.807, 2.05) is 27.7 Å². The average molecular weight is 400 g/mol. The van der Waals surface area contributed by atoms with Gasteiger partial charge in [-0.05, 0) is 38.1 Å². The molecule has 3 rings (SSSR count). The molecule has 1 aromatic carbocycles. The number of hydrogen-bond acceptors (Lipinski definition) is 5. The van der Waals surface area contributed by atoms with E-state index in [0.29, 0.717) is 22.3 Å². The van der Waals surface area contributed by atoms with E-state index in [-0.39, 0.29) is 16.8 Å². The Labute approximate surface area is 165 Å². The molecule has 1 amide bonds. The van der Waals surface area contributed by atoms with E-state index in [0.717, 1.165) is 10.4 Å². The highest BCUT2D eigenvalue weighted by molar-refractivity contribution is 7.16. The van der Waals surface area contributed by atoms with Gasteiger partial charge >= 0.3 is 0 Å². The van der Waals surface area contributed by atoms with Gasteiger partial charge in [0.05, 0.1) is 11.4 Å². The molecule has 0 fully saturated rings. The molecule has 0 spiro atoms. The number of nitrogens with one attached hydrogen (secondary N) is 2. The van der Waals surface area contributed by atoms with Crippen LogP contribution in [0.5, 0.6) is 0 Å². The number of thiazole rings is 1. The summed E-state index contributed by atoms with van der Waals surface area (Å²) in [4.78, 5) is 37.5. The van der Waals surface area contributed by atoms with Gasteiger partial charge in [0.25, 0.3) is 11.5 Å². The van der Waals surface area contributed by atoms with Crippen LogP contribution in [0.15, 0.2) is 29.1 Å². The summed E-state index contributed by atoms with van der Waals surface area (Å²) >= 11 is 1.29. The summed E-state index contributed by atoms with van der Waals surface area (Å²) in [7, 11) is 0. The maximum Gasteiger partial charge on any atom is 0.264 e. The number of aryl methyl sites for hydroxylation is 2. The quantitative estimate of drug-likeness (QED) is 0.690. The molecule has 2 heterocycles. The van der Waals surface area contributed by atoms with Gasteiger partial charge in [0, 0.05) is 15.9 Å². The molecule has 0 unspecified atom stereocenters. The van der Waals surface area contributed by atoms with Gasteiger partial charge in [0.15, 0.2) is 5.13 Å². The second kappa shape index (κ2) is 7.27. The molecule has 0 saturated carbocycles. The Kier molecular flexibility index (Phi) is 5.16. The first kappa shape index (κ1) is 19.9. The smallest absolute Gasteiger partial charge is 0.264 e. The van der Waals surface area contributed by atoms with Crippen LogP contribution in [-0.4, -0.2) is 20.9 Å². The van der Waals surface area contributed by atoms with Gasteiger partial charge in [-0.2, -0.15) is 0 Å². The lowest BCUT2D eigenvalue weighted by molar-refractivity contribution is 0.102. The van der Waals surface area contributed by atoms with Crippen LogP contribution in [0.3, 0.4) is 0 Å². The number of rotatable bonds is 3. The van der Waals surface area contributed by atoms with Crippen LogP contribution in [0, 0.1) is 19.7 Å². The zero-order valence-corrected chi connectivity index (χ0v) is 17.1. The highest BCUT2D eigenvalue weighted by Gasteiger charge is 2.23. The Balaban J connectivity index is 1.89. The van der Waals surface area contributed by atoms with Crippen molar-refractivity contribution >= 4 is 22.4 Å². The molecule has 0 aliphatic heterocycles. The van der Waals surface area contributed by atoms with Crippen LogP contribution in [0.1, 0.15) is 47.5 Å². The van der Waals surface area contributed by atoms with E-state index in [4.69, 9.17) is 0 Å². The molecular formula is C20H21FN4O2S. The first-order chi connectivity index (χ1) is 13.1. The van der Waals surface area contributed by atoms with Crippen molar-refractivity contribution in [3.63, 3.8) is 0 Å². The maximum absolute atomic E-state index is 13.1. The average Bonchev–Trinajstić information content (AvgIpc) is 2.94. The van der Waals surface area contributed by atoms with Crippen LogP contribution in [0.2, 0.25) is 0 Å². The van der Waals surface area contributed by atoms with Crippen molar-refractivity contribution in [1.82, 2.24) is 15.0 Å². The first-order valence-corrected chi connectivity index (χ1v) is 9.54. The Morgan fingerprint density at radius 3 is 2.36 bits per heavy atom. The molecule has 0 bridgehead atoms. The van der Waals surface area contributed by atoms with Crippen LogP contribution in [0.4, 0.5) is 9.52 Å². The molecule has 146 valence electrons. The van der Waals surface area contributed by atoms with Crippen molar-refractivity contribution in [3.8, 4) is 11.3 Å². The number of H-pyrrole nitrogens is 1. The van der Waals surface area contributed by atoms with Crippen molar-refractivity contribution in [1.29, 1.82) is 0 Å². The number of nitrogens with zero attached hydrogens (tertiary/aromatic N) is 2.